The van der Waals surface area contributed by atoms with Gasteiger partial charge >= 0.3 is 0 Å². The molecule has 1 heterocycles. The maximum Gasteiger partial charge on any atom is 0.161 e. The molecule has 96 valence electrons. The second-order valence-corrected chi connectivity index (χ2v) is 4.43. The van der Waals surface area contributed by atoms with Crippen LogP contribution in [0.2, 0.25) is 0 Å². The Morgan fingerprint density at radius 2 is 2.00 bits per heavy atom. The topological polar surface area (TPSA) is 73.2 Å². The first-order valence-corrected chi connectivity index (χ1v) is 6.15. The molecule has 0 unspecified atom stereocenters. The highest BCUT2D eigenvalue weighted by molar-refractivity contribution is 9.10. The summed E-state index contributed by atoms with van der Waals surface area (Å²) < 4.78 is 11.3. The number of aromatic amines is 1. The van der Waals surface area contributed by atoms with Gasteiger partial charge in [-0.3, -0.25) is 5.10 Å². The summed E-state index contributed by atoms with van der Waals surface area (Å²) in [6.07, 6.45) is 0. The van der Waals surface area contributed by atoms with E-state index in [2.05, 4.69) is 26.1 Å². The molecule has 3 N–H and O–H groups in total. The number of methoxy groups -OCH3 is 2. The Kier molecular flexibility index (Phi) is 3.88. The van der Waals surface area contributed by atoms with E-state index in [0.717, 1.165) is 21.4 Å². The molecule has 5 nitrogen and oxygen atoms in total. The van der Waals surface area contributed by atoms with Gasteiger partial charge in [0.15, 0.2) is 11.5 Å². The van der Waals surface area contributed by atoms with Gasteiger partial charge in [0.05, 0.1) is 24.4 Å². The lowest BCUT2D eigenvalue weighted by molar-refractivity contribution is 0.355. The standard InChI is InChI=1S/C12H14BrN3O2/c1-17-9-4-3-7(5-10(9)18-2)12-11(13)8(6-14)15-16-12/h3-5H,6,14H2,1-2H3,(H,15,16). The molecule has 0 aliphatic heterocycles. The summed E-state index contributed by atoms with van der Waals surface area (Å²) >= 11 is 3.48. The molecule has 0 saturated carbocycles. The number of nitrogens with zero attached hydrogens (tertiary/aromatic N) is 1. The lowest BCUT2D eigenvalue weighted by atomic mass is 10.1. The third-order valence-corrected chi connectivity index (χ3v) is 3.49. The van der Waals surface area contributed by atoms with Gasteiger partial charge in [-0.2, -0.15) is 5.10 Å². The summed E-state index contributed by atoms with van der Waals surface area (Å²) in [6.45, 7) is 0.404. The van der Waals surface area contributed by atoms with E-state index < -0.39 is 0 Å². The van der Waals surface area contributed by atoms with E-state index in [-0.39, 0.29) is 0 Å². The van der Waals surface area contributed by atoms with Gasteiger partial charge < -0.3 is 15.2 Å². The third-order valence-electron chi connectivity index (χ3n) is 2.64. The number of halogens is 1. The van der Waals surface area contributed by atoms with Crippen molar-refractivity contribution in [2.24, 2.45) is 5.73 Å². The van der Waals surface area contributed by atoms with Crippen molar-refractivity contribution >= 4 is 15.9 Å². The van der Waals surface area contributed by atoms with E-state index in [0.29, 0.717) is 18.0 Å². The first-order chi connectivity index (χ1) is 8.71. The Hall–Kier alpha value is -1.53. The summed E-state index contributed by atoms with van der Waals surface area (Å²) in [7, 11) is 3.21. The van der Waals surface area contributed by atoms with Crippen LogP contribution in [0.15, 0.2) is 22.7 Å². The number of nitrogens with one attached hydrogen (secondary N) is 1. The monoisotopic (exact) mass is 311 g/mol. The first-order valence-electron chi connectivity index (χ1n) is 5.36. The maximum absolute atomic E-state index is 5.60. The molecule has 18 heavy (non-hydrogen) atoms. The van der Waals surface area contributed by atoms with Gasteiger partial charge in [-0.15, -0.1) is 0 Å². The molecule has 2 rings (SSSR count). The van der Waals surface area contributed by atoms with E-state index in [1.807, 2.05) is 18.2 Å². The molecule has 1 aromatic carbocycles. The fourth-order valence-corrected chi connectivity index (χ4v) is 2.24. The van der Waals surface area contributed by atoms with Crippen LogP contribution in [0.5, 0.6) is 11.5 Å². The first kappa shape index (κ1) is 12.9. The van der Waals surface area contributed by atoms with Crippen LogP contribution < -0.4 is 15.2 Å². The third kappa shape index (κ3) is 2.21. The Bertz CT molecular complexity index is 554. The molecule has 0 fully saturated rings. The second kappa shape index (κ2) is 5.41. The summed E-state index contributed by atoms with van der Waals surface area (Å²) in [5.74, 6) is 1.35. The molecule has 0 aliphatic carbocycles. The number of nitrogens with two attached hydrogens (primary N) is 1. The van der Waals surface area contributed by atoms with E-state index in [4.69, 9.17) is 15.2 Å². The zero-order valence-corrected chi connectivity index (χ0v) is 11.7. The molecule has 0 bridgehead atoms. The van der Waals surface area contributed by atoms with Gasteiger partial charge in [-0.25, -0.2) is 0 Å². The number of hydrogen-bond donors (Lipinski definition) is 2. The van der Waals surface area contributed by atoms with Crippen LogP contribution >= 0.6 is 15.9 Å². The van der Waals surface area contributed by atoms with Crippen LogP contribution in [0.1, 0.15) is 5.69 Å². The molecule has 0 amide bonds. The fourth-order valence-electron chi connectivity index (χ4n) is 1.67. The Morgan fingerprint density at radius 3 is 2.56 bits per heavy atom. The fraction of sp³-hybridized carbons (Fsp3) is 0.250. The average Bonchev–Trinajstić information content (AvgIpc) is 2.79. The van der Waals surface area contributed by atoms with E-state index in [9.17, 15) is 0 Å². The van der Waals surface area contributed by atoms with Crippen LogP contribution in [0.25, 0.3) is 11.3 Å². The lowest BCUT2D eigenvalue weighted by Gasteiger charge is -2.08. The molecule has 0 spiro atoms. The lowest BCUT2D eigenvalue weighted by Crippen LogP contribution is -1.96. The number of aromatic nitrogens is 2. The van der Waals surface area contributed by atoms with E-state index in [1.54, 1.807) is 14.2 Å². The summed E-state index contributed by atoms with van der Waals surface area (Å²) in [6, 6.07) is 5.64. The van der Waals surface area contributed by atoms with Crippen LogP contribution in [-0.2, 0) is 6.54 Å². The van der Waals surface area contributed by atoms with Gasteiger partial charge in [0.25, 0.3) is 0 Å². The van der Waals surface area contributed by atoms with Crippen LogP contribution in [0.4, 0.5) is 0 Å². The smallest absolute Gasteiger partial charge is 0.161 e. The van der Waals surface area contributed by atoms with Crippen molar-refractivity contribution in [2.75, 3.05) is 14.2 Å². The minimum atomic E-state index is 0.404. The number of ether oxygens (including phenoxy) is 2. The Labute approximate surface area is 113 Å². The molecule has 0 aliphatic rings. The van der Waals surface area contributed by atoms with Gasteiger partial charge in [-0.05, 0) is 34.1 Å². The largest absolute Gasteiger partial charge is 0.493 e. The molecule has 0 atom stereocenters. The van der Waals surface area contributed by atoms with Crippen molar-refractivity contribution in [2.45, 2.75) is 6.54 Å². The van der Waals surface area contributed by atoms with Crippen LogP contribution in [-0.4, -0.2) is 24.4 Å². The van der Waals surface area contributed by atoms with E-state index >= 15 is 0 Å². The number of H-pyrrole nitrogens is 1. The Balaban J connectivity index is 2.47. The van der Waals surface area contributed by atoms with Crippen molar-refractivity contribution in [1.82, 2.24) is 10.2 Å². The summed E-state index contributed by atoms with van der Waals surface area (Å²) in [5.41, 5.74) is 8.19. The molecule has 0 radical (unpaired) electrons. The van der Waals surface area contributed by atoms with Gasteiger partial charge in [0.1, 0.15) is 5.69 Å². The Morgan fingerprint density at radius 1 is 1.28 bits per heavy atom. The number of hydrogen-bond acceptors (Lipinski definition) is 4. The molecule has 0 saturated heterocycles. The minimum absolute atomic E-state index is 0.404. The highest BCUT2D eigenvalue weighted by Gasteiger charge is 2.13. The SMILES string of the molecule is COc1ccc(-c2n[nH]c(CN)c2Br)cc1OC. The van der Waals surface area contributed by atoms with Gasteiger partial charge in [0.2, 0.25) is 0 Å². The zero-order chi connectivity index (χ0) is 13.1. The summed E-state index contributed by atoms with van der Waals surface area (Å²) in [4.78, 5) is 0. The normalized spacial score (nSPS) is 10.4. The highest BCUT2D eigenvalue weighted by atomic mass is 79.9. The summed E-state index contributed by atoms with van der Waals surface area (Å²) in [5, 5.41) is 7.13. The second-order valence-electron chi connectivity index (χ2n) is 3.64. The van der Waals surface area contributed by atoms with Gasteiger partial charge in [-0.1, -0.05) is 0 Å². The van der Waals surface area contributed by atoms with Gasteiger partial charge in [0, 0.05) is 12.1 Å². The van der Waals surface area contributed by atoms with Crippen molar-refractivity contribution in [3.05, 3.63) is 28.4 Å². The predicted molar refractivity (Wildman–Crippen MR) is 72.7 cm³/mol. The molecular weight excluding hydrogens is 298 g/mol. The zero-order valence-electron chi connectivity index (χ0n) is 10.2. The molecule has 1 aromatic heterocycles. The number of rotatable bonds is 4. The van der Waals surface area contributed by atoms with Crippen molar-refractivity contribution < 1.29 is 9.47 Å². The van der Waals surface area contributed by atoms with Crippen molar-refractivity contribution in [3.63, 3.8) is 0 Å². The van der Waals surface area contributed by atoms with Crippen molar-refractivity contribution in [1.29, 1.82) is 0 Å². The average molecular weight is 312 g/mol. The predicted octanol–water partition coefficient (Wildman–Crippen LogP) is 2.32. The maximum atomic E-state index is 5.60. The number of benzene rings is 1. The van der Waals surface area contributed by atoms with Crippen molar-refractivity contribution in [3.8, 4) is 22.8 Å². The van der Waals surface area contributed by atoms with Crippen LogP contribution in [0, 0.1) is 0 Å². The van der Waals surface area contributed by atoms with Crippen LogP contribution in [0.3, 0.4) is 0 Å². The molecule has 6 heteroatoms. The van der Waals surface area contributed by atoms with E-state index in [1.165, 1.54) is 0 Å². The molecule has 2 aromatic rings. The minimum Gasteiger partial charge on any atom is -0.493 e. The molecular formula is C12H14BrN3O2. The quantitative estimate of drug-likeness (QED) is 0.908. The highest BCUT2D eigenvalue weighted by Crippen LogP contribution is 2.35.